The van der Waals surface area contributed by atoms with Crippen LogP contribution in [0.1, 0.15) is 24.0 Å². The molecule has 1 aliphatic rings. The van der Waals surface area contributed by atoms with E-state index in [-0.39, 0.29) is 0 Å². The normalized spacial score (nSPS) is 15.3. The van der Waals surface area contributed by atoms with E-state index in [2.05, 4.69) is 10.6 Å². The van der Waals surface area contributed by atoms with Crippen molar-refractivity contribution in [3.05, 3.63) is 63.6 Å². The Balaban J connectivity index is 1.58. The number of benzene rings is 2. The SMILES string of the molecule is Clc1ccc(OCc2ccccc2Cl)c(CNCC2CCNCC2)c1. The Labute approximate surface area is 159 Å². The quantitative estimate of drug-likeness (QED) is 0.734. The lowest BCUT2D eigenvalue weighted by molar-refractivity contribution is 0.301. The first kappa shape index (κ1) is 18.5. The molecule has 0 atom stereocenters. The smallest absolute Gasteiger partial charge is 0.124 e. The average molecular weight is 379 g/mol. The van der Waals surface area contributed by atoms with Crippen LogP contribution >= 0.6 is 23.2 Å². The fraction of sp³-hybridized carbons (Fsp3) is 0.400. The van der Waals surface area contributed by atoms with Crippen LogP contribution < -0.4 is 15.4 Å². The number of hydrogen-bond acceptors (Lipinski definition) is 3. The van der Waals surface area contributed by atoms with Gasteiger partial charge in [0.2, 0.25) is 0 Å². The zero-order valence-corrected chi connectivity index (χ0v) is 15.7. The monoisotopic (exact) mass is 378 g/mol. The van der Waals surface area contributed by atoms with Crippen molar-refractivity contribution in [3.8, 4) is 5.75 Å². The predicted octanol–water partition coefficient (Wildman–Crippen LogP) is 4.66. The molecule has 2 aromatic rings. The molecule has 0 unspecified atom stereocenters. The summed E-state index contributed by atoms with van der Waals surface area (Å²) in [5.41, 5.74) is 2.06. The van der Waals surface area contributed by atoms with Gasteiger partial charge in [0.05, 0.1) is 0 Å². The highest BCUT2D eigenvalue weighted by atomic mass is 35.5. The molecule has 25 heavy (non-hydrogen) atoms. The van der Waals surface area contributed by atoms with Gasteiger partial charge < -0.3 is 15.4 Å². The first-order chi connectivity index (χ1) is 12.2. The van der Waals surface area contributed by atoms with E-state index in [1.54, 1.807) is 0 Å². The fourth-order valence-corrected chi connectivity index (χ4v) is 3.48. The Morgan fingerprint density at radius 2 is 1.84 bits per heavy atom. The molecule has 0 amide bonds. The van der Waals surface area contributed by atoms with Gasteiger partial charge in [-0.3, -0.25) is 0 Å². The van der Waals surface area contributed by atoms with Gasteiger partial charge in [-0.15, -0.1) is 0 Å². The van der Waals surface area contributed by atoms with E-state index in [1.807, 2.05) is 42.5 Å². The van der Waals surface area contributed by atoms with Crippen molar-refractivity contribution >= 4 is 23.2 Å². The van der Waals surface area contributed by atoms with Crippen LogP contribution in [0.2, 0.25) is 10.0 Å². The first-order valence-corrected chi connectivity index (χ1v) is 9.54. The molecule has 1 aliphatic heterocycles. The molecule has 1 saturated heterocycles. The lowest BCUT2D eigenvalue weighted by atomic mass is 9.98. The number of rotatable bonds is 7. The molecule has 0 aromatic heterocycles. The van der Waals surface area contributed by atoms with Crippen LogP contribution in [0, 0.1) is 5.92 Å². The highest BCUT2D eigenvalue weighted by Gasteiger charge is 2.13. The maximum Gasteiger partial charge on any atom is 0.124 e. The Hall–Kier alpha value is -1.26. The van der Waals surface area contributed by atoms with Gasteiger partial charge in [0.25, 0.3) is 0 Å². The van der Waals surface area contributed by atoms with Gasteiger partial charge >= 0.3 is 0 Å². The Morgan fingerprint density at radius 3 is 2.64 bits per heavy atom. The van der Waals surface area contributed by atoms with E-state index < -0.39 is 0 Å². The summed E-state index contributed by atoms with van der Waals surface area (Å²) in [4.78, 5) is 0. The summed E-state index contributed by atoms with van der Waals surface area (Å²) in [6.07, 6.45) is 2.47. The fourth-order valence-electron chi connectivity index (χ4n) is 3.09. The van der Waals surface area contributed by atoms with Gasteiger partial charge in [0.15, 0.2) is 0 Å². The number of piperidine rings is 1. The van der Waals surface area contributed by atoms with Crippen LogP contribution in [0.4, 0.5) is 0 Å². The van der Waals surface area contributed by atoms with E-state index in [0.717, 1.165) is 59.0 Å². The average Bonchev–Trinajstić information content (AvgIpc) is 2.63. The van der Waals surface area contributed by atoms with Crippen LogP contribution in [-0.2, 0) is 13.2 Å². The maximum atomic E-state index is 6.21. The Kier molecular flexibility index (Phi) is 7.00. The van der Waals surface area contributed by atoms with Crippen molar-refractivity contribution in [2.75, 3.05) is 19.6 Å². The summed E-state index contributed by atoms with van der Waals surface area (Å²) < 4.78 is 6.01. The first-order valence-electron chi connectivity index (χ1n) is 8.78. The van der Waals surface area contributed by atoms with Crippen LogP contribution in [-0.4, -0.2) is 19.6 Å². The predicted molar refractivity (Wildman–Crippen MR) is 105 cm³/mol. The zero-order valence-electron chi connectivity index (χ0n) is 14.2. The minimum Gasteiger partial charge on any atom is -0.489 e. The van der Waals surface area contributed by atoms with Crippen molar-refractivity contribution in [3.63, 3.8) is 0 Å². The zero-order chi connectivity index (χ0) is 17.5. The van der Waals surface area contributed by atoms with Crippen LogP contribution in [0.5, 0.6) is 5.75 Å². The van der Waals surface area contributed by atoms with Gasteiger partial charge in [-0.05, 0) is 62.7 Å². The summed E-state index contributed by atoms with van der Waals surface area (Å²) >= 11 is 12.4. The molecular formula is C20H24Cl2N2O. The van der Waals surface area contributed by atoms with Gasteiger partial charge in [-0.1, -0.05) is 41.4 Å². The van der Waals surface area contributed by atoms with Crippen molar-refractivity contribution < 1.29 is 4.74 Å². The number of ether oxygens (including phenoxy) is 1. The third-order valence-corrected chi connectivity index (χ3v) is 5.17. The molecular weight excluding hydrogens is 355 g/mol. The molecule has 0 bridgehead atoms. The summed E-state index contributed by atoms with van der Waals surface area (Å²) in [6.45, 7) is 4.47. The summed E-state index contributed by atoms with van der Waals surface area (Å²) in [5, 5.41) is 8.41. The van der Waals surface area contributed by atoms with Crippen LogP contribution in [0.3, 0.4) is 0 Å². The van der Waals surface area contributed by atoms with Gasteiger partial charge in [0, 0.05) is 27.7 Å². The summed E-state index contributed by atoms with van der Waals surface area (Å²) in [6, 6.07) is 13.5. The van der Waals surface area contributed by atoms with Crippen molar-refractivity contribution in [1.29, 1.82) is 0 Å². The number of nitrogens with one attached hydrogen (secondary N) is 2. The summed E-state index contributed by atoms with van der Waals surface area (Å²) in [5.74, 6) is 1.59. The largest absolute Gasteiger partial charge is 0.489 e. The lowest BCUT2D eigenvalue weighted by Gasteiger charge is -2.23. The molecule has 2 aromatic carbocycles. The lowest BCUT2D eigenvalue weighted by Crippen LogP contribution is -2.33. The molecule has 0 spiro atoms. The van der Waals surface area contributed by atoms with Crippen molar-refractivity contribution in [2.24, 2.45) is 5.92 Å². The number of hydrogen-bond donors (Lipinski definition) is 2. The minimum atomic E-state index is 0.447. The minimum absolute atomic E-state index is 0.447. The maximum absolute atomic E-state index is 6.21. The second-order valence-electron chi connectivity index (χ2n) is 6.46. The van der Waals surface area contributed by atoms with Crippen LogP contribution in [0.25, 0.3) is 0 Å². The molecule has 3 rings (SSSR count). The molecule has 5 heteroatoms. The van der Waals surface area contributed by atoms with Gasteiger partial charge in [0.1, 0.15) is 12.4 Å². The standard InChI is InChI=1S/C20H24Cl2N2O/c21-18-5-6-20(25-14-16-3-1-2-4-19(16)22)17(11-18)13-24-12-15-7-9-23-10-8-15/h1-6,11,15,23-24H,7-10,12-14H2. The Bertz CT molecular complexity index is 687. The highest BCUT2D eigenvalue weighted by Crippen LogP contribution is 2.25. The molecule has 1 heterocycles. The van der Waals surface area contributed by atoms with Crippen molar-refractivity contribution in [1.82, 2.24) is 10.6 Å². The van der Waals surface area contributed by atoms with E-state index >= 15 is 0 Å². The second kappa shape index (κ2) is 9.44. The van der Waals surface area contributed by atoms with E-state index in [0.29, 0.717) is 6.61 Å². The third-order valence-electron chi connectivity index (χ3n) is 4.57. The van der Waals surface area contributed by atoms with E-state index in [9.17, 15) is 0 Å². The van der Waals surface area contributed by atoms with E-state index in [1.165, 1.54) is 12.8 Å². The molecule has 0 radical (unpaired) electrons. The third kappa shape index (κ3) is 5.61. The topological polar surface area (TPSA) is 33.3 Å². The van der Waals surface area contributed by atoms with Crippen molar-refractivity contribution in [2.45, 2.75) is 26.0 Å². The molecule has 2 N–H and O–H groups in total. The molecule has 3 nitrogen and oxygen atoms in total. The number of halogens is 2. The van der Waals surface area contributed by atoms with Crippen LogP contribution in [0.15, 0.2) is 42.5 Å². The van der Waals surface area contributed by atoms with Gasteiger partial charge in [-0.25, -0.2) is 0 Å². The van der Waals surface area contributed by atoms with E-state index in [4.69, 9.17) is 27.9 Å². The van der Waals surface area contributed by atoms with Gasteiger partial charge in [-0.2, -0.15) is 0 Å². The molecule has 134 valence electrons. The summed E-state index contributed by atoms with van der Waals surface area (Å²) in [7, 11) is 0. The molecule has 0 aliphatic carbocycles. The molecule has 0 saturated carbocycles. The second-order valence-corrected chi connectivity index (χ2v) is 7.30. The molecule has 1 fully saturated rings. The Morgan fingerprint density at radius 1 is 1.04 bits per heavy atom. The highest BCUT2D eigenvalue weighted by molar-refractivity contribution is 6.31.